The highest BCUT2D eigenvalue weighted by molar-refractivity contribution is 5.91. The number of hydrogen-bond acceptors (Lipinski definition) is 2. The summed E-state index contributed by atoms with van der Waals surface area (Å²) in [5.41, 5.74) is -0.665. The molecule has 2 N–H and O–H groups in total. The molecule has 0 bridgehead atoms. The van der Waals surface area contributed by atoms with Crippen LogP contribution in [0.25, 0.3) is 0 Å². The molecule has 1 rings (SSSR count). The minimum atomic E-state index is -1.04. The molecule has 4 nitrogen and oxygen atoms in total. The van der Waals surface area contributed by atoms with Crippen LogP contribution in [0.2, 0.25) is 0 Å². The monoisotopic (exact) mass is 238 g/mol. The largest absolute Gasteiger partial charge is 0.481 e. The van der Waals surface area contributed by atoms with E-state index in [4.69, 9.17) is 0 Å². The SMILES string of the molecule is CC(C)CC1(C)C(C(=O)O)=CC=CC1C(=O)O. The lowest BCUT2D eigenvalue weighted by Crippen LogP contribution is -2.39. The third-order valence-corrected chi connectivity index (χ3v) is 3.20. The van der Waals surface area contributed by atoms with Gasteiger partial charge in [0.2, 0.25) is 0 Å². The van der Waals surface area contributed by atoms with E-state index in [1.807, 2.05) is 13.8 Å². The normalized spacial score (nSPS) is 28.0. The third kappa shape index (κ3) is 2.57. The molecule has 0 spiro atoms. The summed E-state index contributed by atoms with van der Waals surface area (Å²) >= 11 is 0. The number of aliphatic carboxylic acids is 2. The zero-order chi connectivity index (χ0) is 13.2. The Morgan fingerprint density at radius 2 is 2.00 bits per heavy atom. The van der Waals surface area contributed by atoms with Crippen molar-refractivity contribution in [2.24, 2.45) is 17.3 Å². The molecule has 0 amide bonds. The molecular formula is C13H18O4. The predicted molar refractivity (Wildman–Crippen MR) is 63.5 cm³/mol. The Morgan fingerprint density at radius 1 is 1.41 bits per heavy atom. The van der Waals surface area contributed by atoms with E-state index in [1.54, 1.807) is 13.0 Å². The number of carboxylic acids is 2. The molecule has 0 saturated carbocycles. The minimum Gasteiger partial charge on any atom is -0.481 e. The van der Waals surface area contributed by atoms with Gasteiger partial charge in [0.25, 0.3) is 0 Å². The Morgan fingerprint density at radius 3 is 2.41 bits per heavy atom. The van der Waals surface area contributed by atoms with E-state index in [2.05, 4.69) is 0 Å². The number of rotatable bonds is 4. The predicted octanol–water partition coefficient (Wildman–Crippen LogP) is 2.32. The number of hydrogen-bond donors (Lipinski definition) is 2. The maximum absolute atomic E-state index is 11.2. The van der Waals surface area contributed by atoms with Crippen molar-refractivity contribution in [2.45, 2.75) is 27.2 Å². The van der Waals surface area contributed by atoms with Crippen molar-refractivity contribution in [1.29, 1.82) is 0 Å². The Bertz CT molecular complexity index is 392. The fourth-order valence-corrected chi connectivity index (χ4v) is 2.59. The van der Waals surface area contributed by atoms with E-state index in [0.717, 1.165) is 0 Å². The van der Waals surface area contributed by atoms with Gasteiger partial charge in [0.15, 0.2) is 0 Å². The first-order valence-electron chi connectivity index (χ1n) is 5.64. The number of allylic oxidation sites excluding steroid dienone is 2. The maximum Gasteiger partial charge on any atom is 0.332 e. The molecule has 0 aromatic carbocycles. The van der Waals surface area contributed by atoms with Crippen LogP contribution in [0.15, 0.2) is 23.8 Å². The molecule has 1 aliphatic rings. The van der Waals surface area contributed by atoms with E-state index >= 15 is 0 Å². The van der Waals surface area contributed by atoms with Crippen LogP contribution < -0.4 is 0 Å². The molecule has 2 unspecified atom stereocenters. The molecule has 94 valence electrons. The van der Waals surface area contributed by atoms with E-state index in [0.29, 0.717) is 6.42 Å². The van der Waals surface area contributed by atoms with Gasteiger partial charge in [-0.25, -0.2) is 4.79 Å². The summed E-state index contributed by atoms with van der Waals surface area (Å²) in [5, 5.41) is 18.4. The van der Waals surface area contributed by atoms with Crippen molar-refractivity contribution < 1.29 is 19.8 Å². The molecule has 17 heavy (non-hydrogen) atoms. The zero-order valence-corrected chi connectivity index (χ0v) is 10.3. The highest BCUT2D eigenvalue weighted by Crippen LogP contribution is 2.44. The summed E-state index contributed by atoms with van der Waals surface area (Å²) < 4.78 is 0. The molecule has 0 aliphatic heterocycles. The smallest absolute Gasteiger partial charge is 0.332 e. The highest BCUT2D eigenvalue weighted by Gasteiger charge is 2.44. The van der Waals surface area contributed by atoms with Crippen LogP contribution in [-0.2, 0) is 9.59 Å². The second-order valence-corrected chi connectivity index (χ2v) is 5.10. The van der Waals surface area contributed by atoms with Crippen molar-refractivity contribution in [3.63, 3.8) is 0 Å². The van der Waals surface area contributed by atoms with Gasteiger partial charge in [0, 0.05) is 11.0 Å². The van der Waals surface area contributed by atoms with Crippen molar-refractivity contribution >= 4 is 11.9 Å². The first kappa shape index (κ1) is 13.5. The minimum absolute atomic E-state index is 0.182. The van der Waals surface area contributed by atoms with E-state index in [9.17, 15) is 19.8 Å². The molecule has 1 aliphatic carbocycles. The number of carboxylic acid groups (broad SMARTS) is 2. The van der Waals surface area contributed by atoms with Gasteiger partial charge in [-0.05, 0) is 12.3 Å². The topological polar surface area (TPSA) is 74.6 Å². The van der Waals surface area contributed by atoms with Gasteiger partial charge >= 0.3 is 11.9 Å². The molecule has 0 aromatic rings. The summed E-state index contributed by atoms with van der Waals surface area (Å²) in [7, 11) is 0. The van der Waals surface area contributed by atoms with Crippen LogP contribution in [0.5, 0.6) is 0 Å². The first-order valence-corrected chi connectivity index (χ1v) is 5.64. The lowest BCUT2D eigenvalue weighted by atomic mass is 9.65. The molecule has 0 fully saturated rings. The summed E-state index contributed by atoms with van der Waals surface area (Å²) in [4.78, 5) is 22.5. The fraction of sp³-hybridized carbons (Fsp3) is 0.538. The molecule has 2 atom stereocenters. The average molecular weight is 238 g/mol. The van der Waals surface area contributed by atoms with Gasteiger partial charge < -0.3 is 10.2 Å². The van der Waals surface area contributed by atoms with E-state index < -0.39 is 23.3 Å². The lowest BCUT2D eigenvalue weighted by molar-refractivity contribution is -0.144. The van der Waals surface area contributed by atoms with E-state index in [1.165, 1.54) is 12.2 Å². The van der Waals surface area contributed by atoms with Crippen LogP contribution in [0, 0.1) is 17.3 Å². The van der Waals surface area contributed by atoms with Crippen molar-refractivity contribution in [1.82, 2.24) is 0 Å². The van der Waals surface area contributed by atoms with Gasteiger partial charge in [-0.1, -0.05) is 39.0 Å². The summed E-state index contributed by atoms with van der Waals surface area (Å²) in [6.07, 6.45) is 5.12. The Hall–Kier alpha value is -1.58. The van der Waals surface area contributed by atoms with Gasteiger partial charge in [-0.3, -0.25) is 4.79 Å². The molecule has 0 radical (unpaired) electrons. The van der Waals surface area contributed by atoms with Gasteiger partial charge in [0.05, 0.1) is 5.92 Å². The average Bonchev–Trinajstić information content (AvgIpc) is 2.14. The quantitative estimate of drug-likeness (QED) is 0.788. The highest BCUT2D eigenvalue weighted by atomic mass is 16.4. The maximum atomic E-state index is 11.2. The van der Waals surface area contributed by atoms with Gasteiger partial charge in [-0.2, -0.15) is 0 Å². The molecule has 0 heterocycles. The van der Waals surface area contributed by atoms with Crippen LogP contribution in [0.1, 0.15) is 27.2 Å². The fourth-order valence-electron chi connectivity index (χ4n) is 2.59. The van der Waals surface area contributed by atoms with Crippen LogP contribution >= 0.6 is 0 Å². The Balaban J connectivity index is 3.21. The second-order valence-electron chi connectivity index (χ2n) is 5.10. The molecule has 0 aromatic heterocycles. The summed E-state index contributed by atoms with van der Waals surface area (Å²) in [5.74, 6) is -2.56. The Labute approximate surface area is 101 Å². The van der Waals surface area contributed by atoms with Gasteiger partial charge in [0.1, 0.15) is 0 Å². The second kappa shape index (κ2) is 4.73. The summed E-state index contributed by atoms with van der Waals surface area (Å²) in [6, 6.07) is 0. The first-order chi connectivity index (χ1) is 7.79. The zero-order valence-electron chi connectivity index (χ0n) is 10.3. The lowest BCUT2D eigenvalue weighted by Gasteiger charge is -2.37. The number of carbonyl (C=O) groups is 2. The van der Waals surface area contributed by atoms with Crippen LogP contribution in [0.4, 0.5) is 0 Å². The van der Waals surface area contributed by atoms with Crippen molar-refractivity contribution in [2.75, 3.05) is 0 Å². The summed E-state index contributed by atoms with van der Waals surface area (Å²) in [6.45, 7) is 5.64. The van der Waals surface area contributed by atoms with Crippen molar-refractivity contribution in [3.05, 3.63) is 23.8 Å². The standard InChI is InChI=1S/C13H18O4/c1-8(2)7-13(3)9(11(14)15)5-4-6-10(13)12(16)17/h4-6,8-9H,7H2,1-3H3,(H,14,15)(H,16,17). The van der Waals surface area contributed by atoms with E-state index in [-0.39, 0.29) is 11.5 Å². The van der Waals surface area contributed by atoms with Crippen LogP contribution in [0.3, 0.4) is 0 Å². The van der Waals surface area contributed by atoms with Crippen molar-refractivity contribution in [3.8, 4) is 0 Å². The third-order valence-electron chi connectivity index (χ3n) is 3.20. The molecule has 4 heteroatoms. The van der Waals surface area contributed by atoms with Crippen LogP contribution in [-0.4, -0.2) is 22.2 Å². The molecular weight excluding hydrogens is 220 g/mol. The Kier molecular flexibility index (Phi) is 3.76. The van der Waals surface area contributed by atoms with Gasteiger partial charge in [-0.15, -0.1) is 0 Å². The molecule has 0 saturated heterocycles.